The van der Waals surface area contributed by atoms with Crippen molar-refractivity contribution in [2.75, 3.05) is 0 Å². The Hall–Kier alpha value is -1.86. The van der Waals surface area contributed by atoms with Crippen LogP contribution >= 0.6 is 0 Å². The first-order valence-electron chi connectivity index (χ1n) is 3.82. The molecule has 0 atom stereocenters. The highest BCUT2D eigenvalue weighted by Crippen LogP contribution is 2.16. The summed E-state index contributed by atoms with van der Waals surface area (Å²) in [5.41, 5.74) is 2.64. The van der Waals surface area contributed by atoms with Gasteiger partial charge in [0.2, 0.25) is 0 Å². The van der Waals surface area contributed by atoms with Gasteiger partial charge in [0.05, 0.1) is 24.0 Å². The Balaban J connectivity index is 2.79. The number of rotatable bonds is 1. The van der Waals surface area contributed by atoms with E-state index in [0.717, 1.165) is 5.52 Å². The van der Waals surface area contributed by atoms with Crippen LogP contribution in [0.1, 0.15) is 11.1 Å². The molecule has 0 amide bonds. The van der Waals surface area contributed by atoms with E-state index in [-0.39, 0.29) is 6.61 Å². The van der Waals surface area contributed by atoms with Gasteiger partial charge in [-0.1, -0.05) is 0 Å². The first-order valence-corrected chi connectivity index (χ1v) is 3.82. The molecule has 4 nitrogen and oxygen atoms in total. The normalized spacial score (nSPS) is 10.2. The zero-order chi connectivity index (χ0) is 9.26. The lowest BCUT2D eigenvalue weighted by Gasteiger charge is -1.97. The molecule has 0 aliphatic rings. The fourth-order valence-corrected chi connectivity index (χ4v) is 1.29. The first kappa shape index (κ1) is 7.77. The second kappa shape index (κ2) is 2.88. The molecule has 2 N–H and O–H groups in total. The van der Waals surface area contributed by atoms with E-state index < -0.39 is 0 Å². The van der Waals surface area contributed by atoms with Gasteiger partial charge >= 0.3 is 0 Å². The molecule has 0 radical (unpaired) electrons. The van der Waals surface area contributed by atoms with Crippen LogP contribution in [0.5, 0.6) is 0 Å². The summed E-state index contributed by atoms with van der Waals surface area (Å²) in [5, 5.41) is 17.7. The number of fused-ring (bicyclic) bond motifs is 1. The number of aromatic amines is 1. The maximum absolute atomic E-state index is 8.91. The van der Waals surface area contributed by atoms with Crippen molar-refractivity contribution >= 4 is 11.0 Å². The zero-order valence-electron chi connectivity index (χ0n) is 6.78. The maximum atomic E-state index is 8.91. The van der Waals surface area contributed by atoms with Crippen molar-refractivity contribution in [3.05, 3.63) is 29.6 Å². The number of aliphatic hydroxyl groups is 1. The van der Waals surface area contributed by atoms with Gasteiger partial charge in [-0.05, 0) is 17.7 Å². The number of hydrogen-bond donors (Lipinski definition) is 2. The van der Waals surface area contributed by atoms with Gasteiger partial charge < -0.3 is 10.1 Å². The molecule has 0 aliphatic carbocycles. The second-order valence-electron chi connectivity index (χ2n) is 2.71. The average molecular weight is 173 g/mol. The standard InChI is InChI=1S/C9H7N3O/c10-3-7-1-6(4-13)2-8-9(7)12-5-11-8/h1-2,5,13H,4H2,(H,11,12). The summed E-state index contributed by atoms with van der Waals surface area (Å²) in [6.07, 6.45) is 1.53. The molecule has 0 fully saturated rings. The molecule has 1 heterocycles. The van der Waals surface area contributed by atoms with Gasteiger partial charge in [-0.2, -0.15) is 5.26 Å². The highest BCUT2D eigenvalue weighted by molar-refractivity contribution is 5.81. The summed E-state index contributed by atoms with van der Waals surface area (Å²) in [7, 11) is 0. The number of benzene rings is 1. The van der Waals surface area contributed by atoms with E-state index in [0.29, 0.717) is 16.6 Å². The smallest absolute Gasteiger partial charge is 0.106 e. The number of aliphatic hydroxyl groups excluding tert-OH is 1. The molecule has 2 aromatic rings. The Labute approximate surface area is 74.5 Å². The minimum atomic E-state index is -0.0658. The first-order chi connectivity index (χ1) is 6.35. The van der Waals surface area contributed by atoms with Crippen LogP contribution in [0.2, 0.25) is 0 Å². The second-order valence-corrected chi connectivity index (χ2v) is 2.71. The van der Waals surface area contributed by atoms with Crippen LogP contribution in [0.4, 0.5) is 0 Å². The molecule has 1 aromatic heterocycles. The number of nitriles is 1. The van der Waals surface area contributed by atoms with Gasteiger partial charge in [-0.25, -0.2) is 4.98 Å². The molecule has 0 unspecified atom stereocenters. The molecule has 0 aliphatic heterocycles. The molecule has 0 bridgehead atoms. The molecule has 1 aromatic carbocycles. The number of hydrogen-bond acceptors (Lipinski definition) is 3. The van der Waals surface area contributed by atoms with Crippen LogP contribution in [0.3, 0.4) is 0 Å². The SMILES string of the molecule is N#Cc1cc(CO)cc2[nH]cnc12. The predicted molar refractivity (Wildman–Crippen MR) is 46.7 cm³/mol. The van der Waals surface area contributed by atoms with Crippen molar-refractivity contribution in [2.24, 2.45) is 0 Å². The minimum Gasteiger partial charge on any atom is -0.392 e. The van der Waals surface area contributed by atoms with Crippen LogP contribution in [0, 0.1) is 11.3 Å². The predicted octanol–water partition coefficient (Wildman–Crippen LogP) is 0.927. The molecular weight excluding hydrogens is 166 g/mol. The highest BCUT2D eigenvalue weighted by Gasteiger charge is 2.04. The summed E-state index contributed by atoms with van der Waals surface area (Å²) >= 11 is 0. The van der Waals surface area contributed by atoms with Crippen LogP contribution in [-0.2, 0) is 6.61 Å². The van der Waals surface area contributed by atoms with E-state index in [2.05, 4.69) is 9.97 Å². The summed E-state index contributed by atoms with van der Waals surface area (Å²) in [4.78, 5) is 6.90. The van der Waals surface area contributed by atoms with Crippen LogP contribution < -0.4 is 0 Å². The van der Waals surface area contributed by atoms with Crippen LogP contribution in [0.15, 0.2) is 18.5 Å². The fraction of sp³-hybridized carbons (Fsp3) is 0.111. The summed E-state index contributed by atoms with van der Waals surface area (Å²) in [6.45, 7) is -0.0658. The third-order valence-electron chi connectivity index (χ3n) is 1.89. The van der Waals surface area contributed by atoms with E-state index in [1.807, 2.05) is 6.07 Å². The van der Waals surface area contributed by atoms with E-state index in [1.165, 1.54) is 6.33 Å². The molecule has 0 saturated carbocycles. The van der Waals surface area contributed by atoms with Crippen molar-refractivity contribution < 1.29 is 5.11 Å². The Bertz CT molecular complexity index is 481. The topological polar surface area (TPSA) is 72.7 Å². The lowest BCUT2D eigenvalue weighted by atomic mass is 10.1. The van der Waals surface area contributed by atoms with Gasteiger partial charge in [-0.3, -0.25) is 0 Å². The average Bonchev–Trinajstić information content (AvgIpc) is 2.63. The Kier molecular flexibility index (Phi) is 1.72. The molecular formula is C9H7N3O. The summed E-state index contributed by atoms with van der Waals surface area (Å²) in [6, 6.07) is 5.46. The van der Waals surface area contributed by atoms with Gasteiger partial charge in [0.15, 0.2) is 0 Å². The number of H-pyrrole nitrogens is 1. The quantitative estimate of drug-likeness (QED) is 0.673. The lowest BCUT2D eigenvalue weighted by molar-refractivity contribution is 0.282. The van der Waals surface area contributed by atoms with Crippen molar-refractivity contribution in [1.82, 2.24) is 9.97 Å². The molecule has 64 valence electrons. The summed E-state index contributed by atoms with van der Waals surface area (Å²) < 4.78 is 0. The van der Waals surface area contributed by atoms with E-state index >= 15 is 0 Å². The van der Waals surface area contributed by atoms with Gasteiger partial charge in [0.1, 0.15) is 11.6 Å². The highest BCUT2D eigenvalue weighted by atomic mass is 16.3. The zero-order valence-corrected chi connectivity index (χ0v) is 6.78. The van der Waals surface area contributed by atoms with E-state index in [4.69, 9.17) is 10.4 Å². The van der Waals surface area contributed by atoms with Crippen molar-refractivity contribution in [1.29, 1.82) is 5.26 Å². The molecule has 13 heavy (non-hydrogen) atoms. The number of nitrogens with zero attached hydrogens (tertiary/aromatic N) is 2. The number of nitrogens with one attached hydrogen (secondary N) is 1. The maximum Gasteiger partial charge on any atom is 0.106 e. The van der Waals surface area contributed by atoms with Crippen molar-refractivity contribution in [3.8, 4) is 6.07 Å². The van der Waals surface area contributed by atoms with E-state index in [9.17, 15) is 0 Å². The largest absolute Gasteiger partial charge is 0.392 e. The Morgan fingerprint density at radius 3 is 3.08 bits per heavy atom. The number of aromatic nitrogens is 2. The van der Waals surface area contributed by atoms with Gasteiger partial charge in [0, 0.05) is 0 Å². The molecule has 2 rings (SSSR count). The third kappa shape index (κ3) is 1.15. The van der Waals surface area contributed by atoms with Crippen LogP contribution in [0.25, 0.3) is 11.0 Å². The lowest BCUT2D eigenvalue weighted by Crippen LogP contribution is -1.86. The minimum absolute atomic E-state index is 0.0658. The van der Waals surface area contributed by atoms with Crippen molar-refractivity contribution in [3.63, 3.8) is 0 Å². The molecule has 0 spiro atoms. The number of imidazole rings is 1. The van der Waals surface area contributed by atoms with E-state index in [1.54, 1.807) is 12.1 Å². The van der Waals surface area contributed by atoms with Gasteiger partial charge in [0.25, 0.3) is 0 Å². The monoisotopic (exact) mass is 173 g/mol. The third-order valence-corrected chi connectivity index (χ3v) is 1.89. The Morgan fingerprint density at radius 1 is 1.54 bits per heavy atom. The summed E-state index contributed by atoms with van der Waals surface area (Å²) in [5.74, 6) is 0. The fourth-order valence-electron chi connectivity index (χ4n) is 1.29. The molecule has 0 saturated heterocycles. The van der Waals surface area contributed by atoms with Crippen molar-refractivity contribution in [2.45, 2.75) is 6.61 Å². The van der Waals surface area contributed by atoms with Gasteiger partial charge in [-0.15, -0.1) is 0 Å². The Morgan fingerprint density at radius 2 is 2.38 bits per heavy atom. The van der Waals surface area contributed by atoms with Crippen LogP contribution in [-0.4, -0.2) is 15.1 Å². The molecule has 4 heteroatoms.